The number of ketones is 1. The van der Waals surface area contributed by atoms with E-state index in [1.165, 1.54) is 11.8 Å². The maximum atomic E-state index is 14.2. The Bertz CT molecular complexity index is 1780. The number of nitrogens with zero attached hydrogens (tertiary/aromatic N) is 3. The largest absolute Gasteiger partial charge is 0.493 e. The molecular weight excluding hydrogens is 520 g/mol. The molecule has 6 rings (SSSR count). The van der Waals surface area contributed by atoms with E-state index in [-0.39, 0.29) is 5.78 Å². The number of H-pyrrole nitrogens is 1. The van der Waals surface area contributed by atoms with E-state index in [1.807, 2.05) is 108 Å². The standard InChI is InChI=1S/C32H26N4O3S/c1-38-27-18-17-23(19-28(27)39-2)36-31(22-13-7-4-8-14-22)34-35-32(36)40-30(21-11-5-3-6-12-21)29(37)25-20-33-26-16-10-9-15-24(25)26/h3-20,30,33H,1-2H3/t30-/m0/s1. The summed E-state index contributed by atoms with van der Waals surface area (Å²) >= 11 is 1.37. The minimum absolute atomic E-state index is 0.0169. The summed E-state index contributed by atoms with van der Waals surface area (Å²) in [7, 11) is 3.21. The molecule has 0 amide bonds. The van der Waals surface area contributed by atoms with Gasteiger partial charge in [0.1, 0.15) is 5.25 Å². The molecule has 0 fully saturated rings. The van der Waals surface area contributed by atoms with Crippen LogP contribution in [-0.4, -0.2) is 39.8 Å². The highest BCUT2D eigenvalue weighted by Crippen LogP contribution is 2.41. The van der Waals surface area contributed by atoms with Crippen LogP contribution < -0.4 is 9.47 Å². The van der Waals surface area contributed by atoms with Gasteiger partial charge in [-0.05, 0) is 23.8 Å². The van der Waals surface area contributed by atoms with Crippen LogP contribution in [-0.2, 0) is 0 Å². The first kappa shape index (κ1) is 25.5. The van der Waals surface area contributed by atoms with Crippen molar-refractivity contribution in [2.45, 2.75) is 10.4 Å². The number of carbonyl (C=O) groups excluding carboxylic acids is 1. The lowest BCUT2D eigenvalue weighted by molar-refractivity contribution is 0.0991. The topological polar surface area (TPSA) is 82.0 Å². The van der Waals surface area contributed by atoms with Crippen LogP contribution >= 0.6 is 11.8 Å². The van der Waals surface area contributed by atoms with Gasteiger partial charge in [0.25, 0.3) is 0 Å². The Kier molecular flexibility index (Phi) is 7.08. The molecule has 0 saturated carbocycles. The van der Waals surface area contributed by atoms with Gasteiger partial charge in [-0.3, -0.25) is 9.36 Å². The van der Waals surface area contributed by atoms with Crippen molar-refractivity contribution >= 4 is 28.4 Å². The predicted octanol–water partition coefficient (Wildman–Crippen LogP) is 7.15. The van der Waals surface area contributed by atoms with Gasteiger partial charge >= 0.3 is 0 Å². The second-order valence-electron chi connectivity index (χ2n) is 9.07. The number of methoxy groups -OCH3 is 2. The van der Waals surface area contributed by atoms with Crippen molar-refractivity contribution in [3.63, 3.8) is 0 Å². The van der Waals surface area contributed by atoms with E-state index in [4.69, 9.17) is 9.47 Å². The van der Waals surface area contributed by atoms with Gasteiger partial charge in [-0.1, -0.05) is 90.6 Å². The lowest BCUT2D eigenvalue weighted by atomic mass is 10.0. The van der Waals surface area contributed by atoms with Crippen molar-refractivity contribution < 1.29 is 14.3 Å². The maximum absolute atomic E-state index is 14.2. The van der Waals surface area contributed by atoms with Gasteiger partial charge < -0.3 is 14.5 Å². The quantitative estimate of drug-likeness (QED) is 0.153. The van der Waals surface area contributed by atoms with Gasteiger partial charge in [0, 0.05) is 34.3 Å². The van der Waals surface area contributed by atoms with E-state index >= 15 is 0 Å². The van der Waals surface area contributed by atoms with E-state index < -0.39 is 5.25 Å². The fourth-order valence-corrected chi connectivity index (χ4v) is 5.86. The number of carbonyl (C=O) groups is 1. The van der Waals surface area contributed by atoms with Gasteiger partial charge in [-0.15, -0.1) is 10.2 Å². The number of rotatable bonds is 9. The first-order chi connectivity index (χ1) is 19.7. The summed E-state index contributed by atoms with van der Waals surface area (Å²) in [5.74, 6) is 1.84. The number of aromatic amines is 1. The van der Waals surface area contributed by atoms with Crippen LogP contribution in [0, 0.1) is 0 Å². The maximum Gasteiger partial charge on any atom is 0.197 e. The Morgan fingerprint density at radius 1 is 0.825 bits per heavy atom. The Balaban J connectivity index is 1.49. The smallest absolute Gasteiger partial charge is 0.197 e. The average molecular weight is 547 g/mol. The van der Waals surface area contributed by atoms with Gasteiger partial charge in [0.2, 0.25) is 0 Å². The second kappa shape index (κ2) is 11.1. The zero-order valence-corrected chi connectivity index (χ0v) is 22.8. The highest BCUT2D eigenvalue weighted by atomic mass is 32.2. The Hall–Kier alpha value is -4.82. The minimum Gasteiger partial charge on any atom is -0.493 e. The molecule has 6 aromatic rings. The van der Waals surface area contributed by atoms with Crippen LogP contribution in [0.5, 0.6) is 11.5 Å². The summed E-state index contributed by atoms with van der Waals surface area (Å²) in [4.78, 5) is 17.4. The number of fused-ring (bicyclic) bond motifs is 1. The first-order valence-electron chi connectivity index (χ1n) is 12.7. The normalized spacial score (nSPS) is 11.8. The van der Waals surface area contributed by atoms with Gasteiger partial charge in [-0.25, -0.2) is 0 Å². The predicted molar refractivity (Wildman–Crippen MR) is 158 cm³/mol. The van der Waals surface area contributed by atoms with Crippen LogP contribution in [0.2, 0.25) is 0 Å². The van der Waals surface area contributed by atoms with Crippen LogP contribution in [0.1, 0.15) is 21.2 Å². The van der Waals surface area contributed by atoms with Crippen LogP contribution in [0.15, 0.2) is 114 Å². The SMILES string of the molecule is COc1ccc(-n2c(S[C@H](C(=O)c3c[nH]c4ccccc34)c3ccccc3)nnc2-c2ccccc2)cc1OC. The molecule has 0 aliphatic heterocycles. The fourth-order valence-electron chi connectivity index (χ4n) is 4.74. The molecule has 0 saturated heterocycles. The monoisotopic (exact) mass is 546 g/mol. The molecular formula is C32H26N4O3S. The van der Waals surface area contributed by atoms with Gasteiger partial charge in [0.15, 0.2) is 28.3 Å². The lowest BCUT2D eigenvalue weighted by Gasteiger charge is -2.18. The van der Waals surface area contributed by atoms with Crippen molar-refractivity contribution in [3.05, 3.63) is 120 Å². The van der Waals surface area contributed by atoms with Gasteiger partial charge in [-0.2, -0.15) is 0 Å². The van der Waals surface area contributed by atoms with E-state index in [0.29, 0.717) is 28.0 Å². The number of hydrogen-bond donors (Lipinski definition) is 1. The highest BCUT2D eigenvalue weighted by molar-refractivity contribution is 8.00. The first-order valence-corrected chi connectivity index (χ1v) is 13.6. The van der Waals surface area contributed by atoms with Crippen LogP contribution in [0.3, 0.4) is 0 Å². The second-order valence-corrected chi connectivity index (χ2v) is 10.1. The van der Waals surface area contributed by atoms with E-state index in [9.17, 15) is 4.79 Å². The summed E-state index contributed by atoms with van der Waals surface area (Å²) < 4.78 is 13.0. The number of aromatic nitrogens is 4. The third-order valence-electron chi connectivity index (χ3n) is 6.71. The number of ether oxygens (including phenoxy) is 2. The molecule has 198 valence electrons. The summed E-state index contributed by atoms with van der Waals surface area (Å²) in [5.41, 5.74) is 4.12. The molecule has 2 heterocycles. The van der Waals surface area contributed by atoms with Crippen molar-refractivity contribution in [3.8, 4) is 28.6 Å². The molecule has 40 heavy (non-hydrogen) atoms. The number of para-hydroxylation sites is 1. The number of hydrogen-bond acceptors (Lipinski definition) is 6. The van der Waals surface area contributed by atoms with Crippen molar-refractivity contribution in [2.24, 2.45) is 0 Å². The van der Waals surface area contributed by atoms with Crippen LogP contribution in [0.4, 0.5) is 0 Å². The summed E-state index contributed by atoms with van der Waals surface area (Å²) in [6.45, 7) is 0. The average Bonchev–Trinajstić information content (AvgIpc) is 3.65. The van der Waals surface area contributed by atoms with E-state index in [2.05, 4.69) is 15.2 Å². The molecule has 8 heteroatoms. The molecule has 0 aliphatic rings. The number of benzene rings is 4. The van der Waals surface area contributed by atoms with E-state index in [0.717, 1.165) is 27.7 Å². The molecule has 1 N–H and O–H groups in total. The van der Waals surface area contributed by atoms with Crippen molar-refractivity contribution in [1.82, 2.24) is 19.7 Å². The van der Waals surface area contributed by atoms with Crippen LogP contribution in [0.25, 0.3) is 28.0 Å². The lowest BCUT2D eigenvalue weighted by Crippen LogP contribution is -2.11. The zero-order chi connectivity index (χ0) is 27.5. The van der Waals surface area contributed by atoms with Gasteiger partial charge in [0.05, 0.1) is 19.9 Å². The molecule has 7 nitrogen and oxygen atoms in total. The Morgan fingerprint density at radius 3 is 2.27 bits per heavy atom. The molecule has 0 bridgehead atoms. The van der Waals surface area contributed by atoms with Crippen molar-refractivity contribution in [1.29, 1.82) is 0 Å². The third kappa shape index (κ3) is 4.74. The molecule has 1 atom stereocenters. The zero-order valence-electron chi connectivity index (χ0n) is 21.9. The summed E-state index contributed by atoms with van der Waals surface area (Å²) in [6, 6.07) is 33.1. The molecule has 0 spiro atoms. The Labute approximate surface area is 235 Å². The number of thioether (sulfide) groups is 1. The Morgan fingerprint density at radius 2 is 1.52 bits per heavy atom. The summed E-state index contributed by atoms with van der Waals surface area (Å²) in [5, 5.41) is 10.1. The number of Topliss-reactive ketones (excluding diaryl/α,β-unsaturated/α-hetero) is 1. The molecule has 2 aromatic heterocycles. The number of nitrogens with one attached hydrogen (secondary N) is 1. The summed E-state index contributed by atoms with van der Waals surface area (Å²) in [6.07, 6.45) is 1.79. The fraction of sp³-hybridized carbons (Fsp3) is 0.0938. The molecule has 0 aliphatic carbocycles. The molecule has 0 radical (unpaired) electrons. The van der Waals surface area contributed by atoms with E-state index in [1.54, 1.807) is 20.4 Å². The highest BCUT2D eigenvalue weighted by Gasteiger charge is 2.29. The third-order valence-corrected chi connectivity index (χ3v) is 7.91. The minimum atomic E-state index is -0.563. The molecule has 0 unspecified atom stereocenters. The van der Waals surface area contributed by atoms with Crippen molar-refractivity contribution in [2.75, 3.05) is 14.2 Å². The molecule has 4 aromatic carbocycles.